The van der Waals surface area contributed by atoms with Crippen LogP contribution in [0.4, 0.5) is 5.00 Å². The van der Waals surface area contributed by atoms with E-state index in [4.69, 9.17) is 9.47 Å². The highest BCUT2D eigenvalue weighted by atomic mass is 32.2. The lowest BCUT2D eigenvalue weighted by molar-refractivity contribution is -0.113. The summed E-state index contributed by atoms with van der Waals surface area (Å²) in [6.45, 7) is 2.05. The molecule has 2 rings (SSSR count). The predicted molar refractivity (Wildman–Crippen MR) is 92.6 cm³/mol. The number of hydrogen-bond acceptors (Lipinski definition) is 6. The van der Waals surface area contributed by atoms with Crippen LogP contribution in [0.2, 0.25) is 0 Å². The summed E-state index contributed by atoms with van der Waals surface area (Å²) in [6, 6.07) is 9.13. The van der Waals surface area contributed by atoms with Crippen LogP contribution < -0.4 is 10.1 Å². The fourth-order valence-corrected chi connectivity index (χ4v) is 3.25. The molecule has 0 radical (unpaired) electrons. The summed E-state index contributed by atoms with van der Waals surface area (Å²) in [5.41, 5.74) is 0.389. The molecule has 0 saturated carbocycles. The Labute approximate surface area is 143 Å². The highest BCUT2D eigenvalue weighted by molar-refractivity contribution is 8.00. The summed E-state index contributed by atoms with van der Waals surface area (Å²) in [5, 5.41) is 5.02. The summed E-state index contributed by atoms with van der Waals surface area (Å²) < 4.78 is 10.0. The Balaban J connectivity index is 1.89. The number of carbonyl (C=O) groups excluding carboxylic acids is 2. The molecule has 0 fully saturated rings. The summed E-state index contributed by atoms with van der Waals surface area (Å²) in [4.78, 5) is 24.8. The number of anilines is 1. The Hall–Kier alpha value is -1.99. The number of esters is 1. The van der Waals surface area contributed by atoms with Crippen LogP contribution in [0.15, 0.2) is 40.6 Å². The van der Waals surface area contributed by atoms with E-state index in [1.165, 1.54) is 23.1 Å². The van der Waals surface area contributed by atoms with Gasteiger partial charge in [-0.15, -0.1) is 23.1 Å². The molecule has 5 nitrogen and oxygen atoms in total. The zero-order valence-corrected chi connectivity index (χ0v) is 14.5. The standard InChI is InChI=1S/C16H17NO4S2/c1-3-21-16(19)13-8-9-22-15(13)17-14(18)10-23-12-6-4-11(20-2)5-7-12/h4-9H,3,10H2,1-2H3,(H,17,18). The second-order valence-corrected chi connectivity index (χ2v) is 6.36. The molecule has 0 aliphatic carbocycles. The van der Waals surface area contributed by atoms with E-state index in [1.54, 1.807) is 25.5 Å². The van der Waals surface area contributed by atoms with E-state index >= 15 is 0 Å². The molecule has 1 heterocycles. The first-order chi connectivity index (χ1) is 11.1. The monoisotopic (exact) mass is 351 g/mol. The summed E-state index contributed by atoms with van der Waals surface area (Å²) in [5.74, 6) is 0.439. The van der Waals surface area contributed by atoms with Gasteiger partial charge in [0.05, 0.1) is 25.0 Å². The van der Waals surface area contributed by atoms with E-state index in [-0.39, 0.29) is 11.7 Å². The van der Waals surface area contributed by atoms with E-state index in [0.29, 0.717) is 17.2 Å². The van der Waals surface area contributed by atoms with Crippen molar-refractivity contribution in [3.63, 3.8) is 0 Å². The molecule has 0 aliphatic rings. The van der Waals surface area contributed by atoms with Crippen LogP contribution in [0.3, 0.4) is 0 Å². The van der Waals surface area contributed by atoms with E-state index < -0.39 is 5.97 Å². The van der Waals surface area contributed by atoms with Gasteiger partial charge in [0.2, 0.25) is 5.91 Å². The number of ether oxygens (including phenoxy) is 2. The van der Waals surface area contributed by atoms with Crippen LogP contribution in [0.1, 0.15) is 17.3 Å². The number of benzene rings is 1. The molecule has 1 N–H and O–H groups in total. The molecule has 2 aromatic rings. The van der Waals surface area contributed by atoms with Crippen LogP contribution in [0.25, 0.3) is 0 Å². The first-order valence-corrected chi connectivity index (χ1v) is 8.82. The number of methoxy groups -OCH3 is 1. The number of hydrogen-bond donors (Lipinski definition) is 1. The Morgan fingerprint density at radius 1 is 1.22 bits per heavy atom. The number of rotatable bonds is 7. The van der Waals surface area contributed by atoms with Gasteiger partial charge in [0.15, 0.2) is 0 Å². The van der Waals surface area contributed by atoms with Gasteiger partial charge in [-0.1, -0.05) is 0 Å². The highest BCUT2D eigenvalue weighted by Gasteiger charge is 2.16. The average molecular weight is 351 g/mol. The number of thioether (sulfide) groups is 1. The SMILES string of the molecule is CCOC(=O)c1ccsc1NC(=O)CSc1ccc(OC)cc1. The molecule has 0 unspecified atom stereocenters. The van der Waals surface area contributed by atoms with Crippen molar-refractivity contribution in [2.45, 2.75) is 11.8 Å². The molecule has 0 atom stereocenters. The maximum absolute atomic E-state index is 12.0. The predicted octanol–water partition coefficient (Wildman–Crippen LogP) is 3.66. The Bertz CT molecular complexity index is 667. The fraction of sp³-hybridized carbons (Fsp3) is 0.250. The van der Waals surface area contributed by atoms with Crippen molar-refractivity contribution in [2.24, 2.45) is 0 Å². The third kappa shape index (κ3) is 5.01. The third-order valence-corrected chi connectivity index (χ3v) is 4.68. The summed E-state index contributed by atoms with van der Waals surface area (Å²) >= 11 is 2.72. The fourth-order valence-electron chi connectivity index (χ4n) is 1.76. The number of amides is 1. The summed E-state index contributed by atoms with van der Waals surface area (Å²) in [7, 11) is 1.61. The first kappa shape index (κ1) is 17.4. The van der Waals surface area contributed by atoms with Crippen LogP contribution in [0, 0.1) is 0 Å². The average Bonchev–Trinajstić information content (AvgIpc) is 3.02. The normalized spacial score (nSPS) is 10.2. The van der Waals surface area contributed by atoms with Crippen LogP contribution in [-0.2, 0) is 9.53 Å². The van der Waals surface area contributed by atoms with Crippen molar-refractivity contribution in [2.75, 3.05) is 24.8 Å². The minimum atomic E-state index is -0.424. The molecule has 1 aromatic carbocycles. The zero-order chi connectivity index (χ0) is 16.7. The molecule has 0 aliphatic heterocycles. The third-order valence-electron chi connectivity index (χ3n) is 2.84. The van der Waals surface area contributed by atoms with Crippen molar-refractivity contribution >= 4 is 40.0 Å². The van der Waals surface area contributed by atoms with Crippen LogP contribution in [0.5, 0.6) is 5.75 Å². The molecular formula is C16H17NO4S2. The maximum atomic E-state index is 12.0. The van der Waals surface area contributed by atoms with Gasteiger partial charge in [-0.25, -0.2) is 4.79 Å². The van der Waals surface area contributed by atoms with Crippen molar-refractivity contribution in [3.8, 4) is 5.75 Å². The van der Waals surface area contributed by atoms with Crippen LogP contribution in [-0.4, -0.2) is 31.3 Å². The Kier molecular flexibility index (Phi) is 6.49. The number of carbonyl (C=O) groups is 2. The highest BCUT2D eigenvalue weighted by Crippen LogP contribution is 2.25. The topological polar surface area (TPSA) is 64.6 Å². The van der Waals surface area contributed by atoms with Gasteiger partial charge >= 0.3 is 5.97 Å². The van der Waals surface area contributed by atoms with Crippen LogP contribution >= 0.6 is 23.1 Å². The van der Waals surface area contributed by atoms with E-state index in [9.17, 15) is 9.59 Å². The van der Waals surface area contributed by atoms with Gasteiger partial charge in [-0.2, -0.15) is 0 Å². The first-order valence-electron chi connectivity index (χ1n) is 6.95. The second kappa shape index (κ2) is 8.59. The van der Waals surface area contributed by atoms with Crippen molar-refractivity contribution in [1.82, 2.24) is 0 Å². The Morgan fingerprint density at radius 3 is 2.61 bits per heavy atom. The molecule has 7 heteroatoms. The molecule has 0 spiro atoms. The quantitative estimate of drug-likeness (QED) is 0.609. The van der Waals surface area contributed by atoms with Crippen molar-refractivity contribution in [3.05, 3.63) is 41.3 Å². The molecule has 0 bridgehead atoms. The minimum Gasteiger partial charge on any atom is -0.497 e. The zero-order valence-electron chi connectivity index (χ0n) is 12.8. The minimum absolute atomic E-state index is 0.168. The largest absolute Gasteiger partial charge is 0.497 e. The number of nitrogens with one attached hydrogen (secondary N) is 1. The van der Waals surface area contributed by atoms with Crippen molar-refractivity contribution < 1.29 is 19.1 Å². The lowest BCUT2D eigenvalue weighted by atomic mass is 10.3. The van der Waals surface area contributed by atoms with Gasteiger partial charge in [-0.3, -0.25) is 4.79 Å². The van der Waals surface area contributed by atoms with E-state index in [1.807, 2.05) is 24.3 Å². The Morgan fingerprint density at radius 2 is 1.96 bits per heavy atom. The van der Waals surface area contributed by atoms with E-state index in [2.05, 4.69) is 5.32 Å². The lowest BCUT2D eigenvalue weighted by Crippen LogP contribution is -2.15. The van der Waals surface area contributed by atoms with Gasteiger partial charge in [0.1, 0.15) is 10.8 Å². The van der Waals surface area contributed by atoms with E-state index in [0.717, 1.165) is 10.6 Å². The van der Waals surface area contributed by atoms with Gasteiger partial charge in [0, 0.05) is 4.90 Å². The number of thiophene rings is 1. The molecular weight excluding hydrogens is 334 g/mol. The summed E-state index contributed by atoms with van der Waals surface area (Å²) in [6.07, 6.45) is 0. The molecule has 122 valence electrons. The van der Waals surface area contributed by atoms with Crippen molar-refractivity contribution in [1.29, 1.82) is 0 Å². The second-order valence-electron chi connectivity index (χ2n) is 4.40. The van der Waals surface area contributed by atoms with Gasteiger partial charge in [0.25, 0.3) is 0 Å². The lowest BCUT2D eigenvalue weighted by Gasteiger charge is -2.06. The smallest absolute Gasteiger partial charge is 0.341 e. The van der Waals surface area contributed by atoms with Gasteiger partial charge in [-0.05, 0) is 42.6 Å². The molecule has 0 saturated heterocycles. The molecule has 1 amide bonds. The van der Waals surface area contributed by atoms with Gasteiger partial charge < -0.3 is 14.8 Å². The molecule has 23 heavy (non-hydrogen) atoms. The maximum Gasteiger partial charge on any atom is 0.341 e. The molecule has 1 aromatic heterocycles.